The van der Waals surface area contributed by atoms with Crippen molar-refractivity contribution in [2.45, 2.75) is 12.5 Å². The third-order valence-corrected chi connectivity index (χ3v) is 5.53. The number of morpholine rings is 1. The molecule has 0 saturated carbocycles. The zero-order valence-corrected chi connectivity index (χ0v) is 15.9. The lowest BCUT2D eigenvalue weighted by Crippen LogP contribution is -2.51. The van der Waals surface area contributed by atoms with Crippen molar-refractivity contribution in [2.75, 3.05) is 38.3 Å². The van der Waals surface area contributed by atoms with E-state index < -0.39 is 16.1 Å². The summed E-state index contributed by atoms with van der Waals surface area (Å²) in [4.78, 5) is 14.3. The zero-order chi connectivity index (χ0) is 18.1. The van der Waals surface area contributed by atoms with Gasteiger partial charge in [-0.05, 0) is 30.1 Å². The SMILES string of the molecule is CSCCC(NS(=O)(=O)/C=C/c1ccccc1)C(=O)N1CCOCC1. The zero-order valence-electron chi connectivity index (χ0n) is 14.3. The third-order valence-electron chi connectivity index (χ3n) is 3.78. The maximum absolute atomic E-state index is 12.7. The summed E-state index contributed by atoms with van der Waals surface area (Å²) in [5, 5.41) is 1.11. The molecule has 1 aromatic carbocycles. The summed E-state index contributed by atoms with van der Waals surface area (Å²) in [6.07, 6.45) is 3.91. The second-order valence-electron chi connectivity index (χ2n) is 5.65. The predicted molar refractivity (Wildman–Crippen MR) is 102 cm³/mol. The number of benzene rings is 1. The monoisotopic (exact) mass is 384 g/mol. The van der Waals surface area contributed by atoms with Gasteiger partial charge in [0.05, 0.1) is 13.2 Å². The van der Waals surface area contributed by atoms with Crippen LogP contribution in [-0.2, 0) is 19.6 Å². The minimum absolute atomic E-state index is 0.186. The number of sulfonamides is 1. The number of rotatable bonds is 8. The van der Waals surface area contributed by atoms with E-state index >= 15 is 0 Å². The largest absolute Gasteiger partial charge is 0.378 e. The first-order chi connectivity index (χ1) is 12.0. The lowest BCUT2D eigenvalue weighted by molar-refractivity contribution is -0.137. The molecular weight excluding hydrogens is 360 g/mol. The molecule has 0 radical (unpaired) electrons. The van der Waals surface area contributed by atoms with E-state index in [0.717, 1.165) is 11.0 Å². The first-order valence-corrected chi connectivity index (χ1v) is 11.1. The Kier molecular flexibility index (Phi) is 7.95. The maximum Gasteiger partial charge on any atom is 0.240 e. The van der Waals surface area contributed by atoms with Crippen molar-refractivity contribution in [1.82, 2.24) is 9.62 Å². The number of amides is 1. The van der Waals surface area contributed by atoms with Gasteiger partial charge < -0.3 is 9.64 Å². The number of carbonyl (C=O) groups excluding carboxylic acids is 1. The van der Waals surface area contributed by atoms with Crippen molar-refractivity contribution in [3.63, 3.8) is 0 Å². The van der Waals surface area contributed by atoms with Crippen LogP contribution in [0.2, 0.25) is 0 Å². The Morgan fingerprint density at radius 1 is 1.32 bits per heavy atom. The number of thioether (sulfide) groups is 1. The second-order valence-corrected chi connectivity index (χ2v) is 8.23. The summed E-state index contributed by atoms with van der Waals surface area (Å²) < 4.78 is 32.5. The fourth-order valence-corrected chi connectivity index (χ4v) is 3.94. The molecule has 6 nitrogen and oxygen atoms in total. The average Bonchev–Trinajstić information content (AvgIpc) is 2.64. The summed E-state index contributed by atoms with van der Waals surface area (Å²) in [5.74, 6) is 0.514. The minimum Gasteiger partial charge on any atom is -0.378 e. The molecule has 1 fully saturated rings. The Labute approximate surface area is 153 Å². The van der Waals surface area contributed by atoms with Gasteiger partial charge >= 0.3 is 0 Å². The highest BCUT2D eigenvalue weighted by molar-refractivity contribution is 7.98. The Morgan fingerprint density at radius 2 is 2.00 bits per heavy atom. The topological polar surface area (TPSA) is 75.7 Å². The molecule has 0 spiro atoms. The van der Waals surface area contributed by atoms with E-state index in [2.05, 4.69) is 4.72 Å². The Hall–Kier alpha value is -1.35. The molecular formula is C17H24N2O4S2. The summed E-state index contributed by atoms with van der Waals surface area (Å²) in [6, 6.07) is 8.41. The van der Waals surface area contributed by atoms with Crippen molar-refractivity contribution in [2.24, 2.45) is 0 Å². The van der Waals surface area contributed by atoms with Crippen LogP contribution in [0.15, 0.2) is 35.7 Å². The van der Waals surface area contributed by atoms with E-state index in [1.807, 2.05) is 36.6 Å². The molecule has 0 bridgehead atoms. The molecule has 1 atom stereocenters. The summed E-state index contributed by atoms with van der Waals surface area (Å²) in [7, 11) is -3.71. The number of hydrogen-bond donors (Lipinski definition) is 1. The number of carbonyl (C=O) groups is 1. The molecule has 1 aromatic rings. The molecule has 1 heterocycles. The quantitative estimate of drug-likeness (QED) is 0.736. The highest BCUT2D eigenvalue weighted by Crippen LogP contribution is 2.10. The van der Waals surface area contributed by atoms with Crippen LogP contribution in [0, 0.1) is 0 Å². The Balaban J connectivity index is 2.06. The van der Waals surface area contributed by atoms with Crippen LogP contribution >= 0.6 is 11.8 Å². The van der Waals surface area contributed by atoms with E-state index in [1.165, 1.54) is 6.08 Å². The molecule has 1 aliphatic rings. The summed E-state index contributed by atoms with van der Waals surface area (Å²) in [6.45, 7) is 1.97. The lowest BCUT2D eigenvalue weighted by atomic mass is 10.2. The second kappa shape index (κ2) is 9.96. The molecule has 138 valence electrons. The number of ether oxygens (including phenoxy) is 1. The van der Waals surface area contributed by atoms with Gasteiger partial charge in [0.15, 0.2) is 0 Å². The third kappa shape index (κ3) is 6.81. The van der Waals surface area contributed by atoms with Crippen molar-refractivity contribution >= 4 is 33.8 Å². The molecule has 2 rings (SSSR count). The van der Waals surface area contributed by atoms with Gasteiger partial charge in [0.25, 0.3) is 0 Å². The van der Waals surface area contributed by atoms with Crippen molar-refractivity contribution in [3.05, 3.63) is 41.3 Å². The van der Waals surface area contributed by atoms with Crippen LogP contribution in [0.5, 0.6) is 0 Å². The van der Waals surface area contributed by atoms with Crippen LogP contribution in [0.1, 0.15) is 12.0 Å². The molecule has 1 saturated heterocycles. The van der Waals surface area contributed by atoms with E-state index in [1.54, 1.807) is 16.7 Å². The number of hydrogen-bond acceptors (Lipinski definition) is 5. The van der Waals surface area contributed by atoms with Gasteiger partial charge in [-0.3, -0.25) is 4.79 Å². The number of nitrogens with zero attached hydrogens (tertiary/aromatic N) is 1. The van der Waals surface area contributed by atoms with E-state index in [-0.39, 0.29) is 5.91 Å². The first kappa shape index (κ1) is 20.0. The predicted octanol–water partition coefficient (Wildman–Crippen LogP) is 1.56. The van der Waals surface area contributed by atoms with Crippen molar-refractivity contribution < 1.29 is 17.9 Å². The van der Waals surface area contributed by atoms with Gasteiger partial charge in [-0.25, -0.2) is 8.42 Å². The normalized spacial score (nSPS) is 16.9. The van der Waals surface area contributed by atoms with Crippen LogP contribution < -0.4 is 4.72 Å². The van der Waals surface area contributed by atoms with E-state index in [4.69, 9.17) is 4.74 Å². The average molecular weight is 385 g/mol. The standard InChI is InChI=1S/C17H24N2O4S2/c1-24-13-7-16(17(20)19-9-11-23-12-10-19)18-25(21,22)14-8-15-5-3-2-4-6-15/h2-6,8,14,16,18H,7,9-13H2,1H3/b14-8+. The maximum atomic E-state index is 12.7. The van der Waals surface area contributed by atoms with Gasteiger partial charge in [-0.2, -0.15) is 16.5 Å². The smallest absolute Gasteiger partial charge is 0.240 e. The molecule has 8 heteroatoms. The molecule has 1 aliphatic heterocycles. The molecule has 1 N–H and O–H groups in total. The minimum atomic E-state index is -3.71. The number of nitrogens with one attached hydrogen (secondary N) is 1. The Bertz CT molecular complexity index is 671. The van der Waals surface area contributed by atoms with Crippen molar-refractivity contribution in [1.29, 1.82) is 0 Å². The molecule has 0 aromatic heterocycles. The van der Waals surface area contributed by atoms with Gasteiger partial charge in [0, 0.05) is 18.5 Å². The van der Waals surface area contributed by atoms with Crippen LogP contribution in [0.4, 0.5) is 0 Å². The van der Waals surface area contributed by atoms with Crippen LogP contribution in [0.3, 0.4) is 0 Å². The van der Waals surface area contributed by atoms with Gasteiger partial charge in [0.1, 0.15) is 6.04 Å². The van der Waals surface area contributed by atoms with Gasteiger partial charge in [-0.1, -0.05) is 30.3 Å². The molecule has 1 unspecified atom stereocenters. The van der Waals surface area contributed by atoms with Gasteiger partial charge in [-0.15, -0.1) is 0 Å². The summed E-state index contributed by atoms with van der Waals surface area (Å²) in [5.41, 5.74) is 0.785. The van der Waals surface area contributed by atoms with E-state index in [9.17, 15) is 13.2 Å². The fraction of sp³-hybridized carbons (Fsp3) is 0.471. The highest BCUT2D eigenvalue weighted by Gasteiger charge is 2.28. The lowest BCUT2D eigenvalue weighted by Gasteiger charge is -2.30. The van der Waals surface area contributed by atoms with Crippen molar-refractivity contribution in [3.8, 4) is 0 Å². The molecule has 1 amide bonds. The highest BCUT2D eigenvalue weighted by atomic mass is 32.2. The molecule has 25 heavy (non-hydrogen) atoms. The fourth-order valence-electron chi connectivity index (χ4n) is 2.44. The van der Waals surface area contributed by atoms with Gasteiger partial charge in [0.2, 0.25) is 15.9 Å². The van der Waals surface area contributed by atoms with E-state index in [0.29, 0.717) is 38.5 Å². The van der Waals surface area contributed by atoms with Crippen LogP contribution in [-0.4, -0.2) is 63.6 Å². The van der Waals surface area contributed by atoms with Crippen LogP contribution in [0.25, 0.3) is 6.08 Å². The molecule has 0 aliphatic carbocycles. The first-order valence-electron chi connectivity index (χ1n) is 8.13. The Morgan fingerprint density at radius 3 is 2.64 bits per heavy atom. The summed E-state index contributed by atoms with van der Waals surface area (Å²) >= 11 is 1.58.